The minimum atomic E-state index is -0.235. The van der Waals surface area contributed by atoms with Crippen molar-refractivity contribution in [1.82, 2.24) is 4.90 Å². The number of amides is 1. The minimum Gasteiger partial charge on any atom is -0.325 e. The van der Waals surface area contributed by atoms with E-state index in [4.69, 9.17) is 0 Å². The van der Waals surface area contributed by atoms with E-state index >= 15 is 0 Å². The number of Topliss-reactive ketones (excluding diaryl/α,β-unsaturated/α-hetero) is 1. The maximum Gasteiger partial charge on any atom is 0.264 e. The summed E-state index contributed by atoms with van der Waals surface area (Å²) in [6, 6.07) is 1.81. The van der Waals surface area contributed by atoms with Gasteiger partial charge in [-0.1, -0.05) is 0 Å². The molecule has 5 heteroatoms. The van der Waals surface area contributed by atoms with Gasteiger partial charge in [0.2, 0.25) is 0 Å². The van der Waals surface area contributed by atoms with Crippen LogP contribution >= 0.6 is 27.3 Å². The molecule has 1 saturated heterocycles. The van der Waals surface area contributed by atoms with E-state index in [2.05, 4.69) is 15.9 Å². The predicted molar refractivity (Wildman–Crippen MR) is 71.4 cm³/mol. The highest BCUT2D eigenvalue weighted by molar-refractivity contribution is 9.10. The van der Waals surface area contributed by atoms with Gasteiger partial charge in [-0.3, -0.25) is 9.59 Å². The number of nitrogens with zero attached hydrogens (tertiary/aromatic N) is 1. The Hall–Kier alpha value is -0.680. The number of thiophene rings is 1. The zero-order valence-corrected chi connectivity index (χ0v) is 12.2. The molecule has 0 aliphatic carbocycles. The molecule has 0 saturated carbocycles. The van der Waals surface area contributed by atoms with Gasteiger partial charge in [0.1, 0.15) is 0 Å². The van der Waals surface area contributed by atoms with Crippen LogP contribution in [0.25, 0.3) is 0 Å². The molecular weight excluding hydrogens is 302 g/mol. The Labute approximate surface area is 113 Å². The van der Waals surface area contributed by atoms with Crippen molar-refractivity contribution in [3.8, 4) is 0 Å². The van der Waals surface area contributed by atoms with E-state index in [1.54, 1.807) is 4.90 Å². The number of piperidine rings is 1. The molecule has 1 aromatic heterocycles. The smallest absolute Gasteiger partial charge is 0.264 e. The fraction of sp³-hybridized carbons (Fsp3) is 0.500. The fourth-order valence-electron chi connectivity index (χ4n) is 1.95. The van der Waals surface area contributed by atoms with E-state index < -0.39 is 0 Å². The largest absolute Gasteiger partial charge is 0.325 e. The topological polar surface area (TPSA) is 37.4 Å². The quantitative estimate of drug-likeness (QED) is 0.798. The van der Waals surface area contributed by atoms with Crippen LogP contribution in [-0.2, 0) is 4.79 Å². The van der Waals surface area contributed by atoms with Gasteiger partial charge in [-0.15, -0.1) is 11.3 Å². The Morgan fingerprint density at radius 3 is 2.82 bits per heavy atom. The molecule has 0 radical (unpaired) electrons. The van der Waals surface area contributed by atoms with Crippen LogP contribution in [0.5, 0.6) is 0 Å². The van der Waals surface area contributed by atoms with Gasteiger partial charge in [-0.25, -0.2) is 0 Å². The molecule has 0 unspecified atom stereocenters. The van der Waals surface area contributed by atoms with E-state index in [1.165, 1.54) is 11.3 Å². The van der Waals surface area contributed by atoms with Crippen LogP contribution in [0.3, 0.4) is 0 Å². The maximum absolute atomic E-state index is 12.3. The summed E-state index contributed by atoms with van der Waals surface area (Å²) in [4.78, 5) is 26.2. The van der Waals surface area contributed by atoms with Crippen molar-refractivity contribution in [3.63, 3.8) is 0 Å². The summed E-state index contributed by atoms with van der Waals surface area (Å²) < 4.78 is 0.909. The number of ketones is 1. The highest BCUT2D eigenvalue weighted by Gasteiger charge is 2.37. The van der Waals surface area contributed by atoms with Crippen LogP contribution in [0.1, 0.15) is 36.4 Å². The van der Waals surface area contributed by atoms with Crippen molar-refractivity contribution in [2.24, 2.45) is 0 Å². The molecule has 0 spiro atoms. The molecule has 0 atom stereocenters. The second-order valence-corrected chi connectivity index (χ2v) is 6.70. The Bertz CT molecular complexity index is 467. The van der Waals surface area contributed by atoms with Gasteiger partial charge in [0, 0.05) is 21.8 Å². The van der Waals surface area contributed by atoms with Crippen LogP contribution in [-0.4, -0.2) is 28.7 Å². The van der Waals surface area contributed by atoms with Crippen molar-refractivity contribution in [3.05, 3.63) is 20.8 Å². The number of halogens is 1. The molecule has 0 aromatic carbocycles. The Kier molecular flexibility index (Phi) is 3.41. The summed E-state index contributed by atoms with van der Waals surface area (Å²) in [6.45, 7) is 4.27. The number of carbonyl (C=O) groups is 2. The van der Waals surface area contributed by atoms with E-state index in [0.29, 0.717) is 11.3 Å². The highest BCUT2D eigenvalue weighted by atomic mass is 79.9. The van der Waals surface area contributed by atoms with Gasteiger partial charge in [0.05, 0.1) is 11.4 Å². The van der Waals surface area contributed by atoms with E-state index in [0.717, 1.165) is 10.9 Å². The number of likely N-dealkylation sites (tertiary alicyclic amines) is 1. The molecule has 1 fully saturated rings. The predicted octanol–water partition coefficient (Wildman–Crippen LogP) is 3.09. The second kappa shape index (κ2) is 4.53. The third kappa shape index (κ3) is 2.60. The van der Waals surface area contributed by atoms with Crippen LogP contribution in [0.4, 0.5) is 0 Å². The van der Waals surface area contributed by atoms with Crippen LogP contribution in [0.2, 0.25) is 0 Å². The standard InChI is InChI=1S/C12H14BrNO2S/c1-12(2)4-3-9(15)6-14(12)11(16)10-5-8(13)7-17-10/h5,7H,3-4,6H2,1-2H3. The Balaban J connectivity index is 2.25. The molecule has 2 rings (SSSR count). The molecular formula is C12H14BrNO2S. The summed E-state index contributed by atoms with van der Waals surface area (Å²) in [5, 5.41) is 1.88. The van der Waals surface area contributed by atoms with Crippen molar-refractivity contribution >= 4 is 39.0 Å². The lowest BCUT2D eigenvalue weighted by Crippen LogP contribution is -2.53. The molecule has 17 heavy (non-hydrogen) atoms. The zero-order chi connectivity index (χ0) is 12.6. The van der Waals surface area contributed by atoms with Crippen molar-refractivity contribution in [1.29, 1.82) is 0 Å². The lowest BCUT2D eigenvalue weighted by atomic mass is 9.89. The SMILES string of the molecule is CC1(C)CCC(=O)CN1C(=O)c1cc(Br)cs1. The molecule has 1 aliphatic heterocycles. The van der Waals surface area contributed by atoms with Crippen LogP contribution < -0.4 is 0 Å². The summed E-state index contributed by atoms with van der Waals surface area (Å²) in [5.74, 6) is 0.104. The van der Waals surface area contributed by atoms with Crippen LogP contribution in [0, 0.1) is 0 Å². The fourth-order valence-corrected chi connectivity index (χ4v) is 3.33. The van der Waals surface area contributed by atoms with E-state index in [-0.39, 0.29) is 23.8 Å². The molecule has 2 heterocycles. The van der Waals surface area contributed by atoms with Gasteiger partial charge >= 0.3 is 0 Å². The van der Waals surface area contributed by atoms with Gasteiger partial charge in [0.15, 0.2) is 5.78 Å². The normalized spacial score (nSPS) is 19.5. The van der Waals surface area contributed by atoms with Crippen molar-refractivity contribution in [2.75, 3.05) is 6.54 Å². The second-order valence-electron chi connectivity index (χ2n) is 4.87. The number of rotatable bonds is 1. The van der Waals surface area contributed by atoms with Crippen molar-refractivity contribution < 1.29 is 9.59 Å². The molecule has 3 nitrogen and oxygen atoms in total. The lowest BCUT2D eigenvalue weighted by Gasteiger charge is -2.41. The molecule has 92 valence electrons. The first-order chi connectivity index (χ1) is 7.90. The van der Waals surface area contributed by atoms with Crippen LogP contribution in [0.15, 0.2) is 15.9 Å². The molecule has 1 aromatic rings. The zero-order valence-electron chi connectivity index (χ0n) is 9.83. The molecule has 1 amide bonds. The first-order valence-electron chi connectivity index (χ1n) is 5.48. The summed E-state index contributed by atoms with van der Waals surface area (Å²) in [7, 11) is 0. The van der Waals surface area contributed by atoms with Gasteiger partial charge in [-0.05, 0) is 42.3 Å². The first-order valence-corrected chi connectivity index (χ1v) is 7.15. The third-order valence-electron chi connectivity index (χ3n) is 3.10. The van der Waals surface area contributed by atoms with Gasteiger partial charge in [-0.2, -0.15) is 0 Å². The molecule has 1 aliphatic rings. The van der Waals surface area contributed by atoms with Gasteiger partial charge in [0.25, 0.3) is 5.91 Å². The first kappa shape index (κ1) is 12.8. The number of carbonyl (C=O) groups excluding carboxylic acids is 2. The molecule has 0 bridgehead atoms. The average molecular weight is 316 g/mol. The Morgan fingerprint density at radius 2 is 2.24 bits per heavy atom. The monoisotopic (exact) mass is 315 g/mol. The summed E-state index contributed by atoms with van der Waals surface area (Å²) in [5.41, 5.74) is -0.235. The number of hydrogen-bond donors (Lipinski definition) is 0. The minimum absolute atomic E-state index is 0.0428. The summed E-state index contributed by atoms with van der Waals surface area (Å²) >= 11 is 4.74. The maximum atomic E-state index is 12.3. The van der Waals surface area contributed by atoms with Crippen molar-refractivity contribution in [2.45, 2.75) is 32.2 Å². The summed E-state index contributed by atoms with van der Waals surface area (Å²) in [6.07, 6.45) is 1.31. The highest BCUT2D eigenvalue weighted by Crippen LogP contribution is 2.29. The Morgan fingerprint density at radius 1 is 1.53 bits per heavy atom. The average Bonchev–Trinajstić information content (AvgIpc) is 2.68. The lowest BCUT2D eigenvalue weighted by molar-refractivity contribution is -0.124. The van der Waals surface area contributed by atoms with Gasteiger partial charge < -0.3 is 4.90 Å². The molecule has 0 N–H and O–H groups in total. The third-order valence-corrected chi connectivity index (χ3v) is 4.78. The van der Waals surface area contributed by atoms with E-state index in [1.807, 2.05) is 25.3 Å². The van der Waals surface area contributed by atoms with E-state index in [9.17, 15) is 9.59 Å². The number of hydrogen-bond acceptors (Lipinski definition) is 3.